The molecule has 0 bridgehead atoms. The summed E-state index contributed by atoms with van der Waals surface area (Å²) in [5.41, 5.74) is 3.15. The van der Waals surface area contributed by atoms with Crippen molar-refractivity contribution < 1.29 is 19.4 Å². The van der Waals surface area contributed by atoms with Crippen LogP contribution in [0.1, 0.15) is 5.56 Å². The Bertz CT molecular complexity index is 867. The monoisotopic (exact) mass is 311 g/mol. The first-order chi connectivity index (χ1) is 11.1. The van der Waals surface area contributed by atoms with Crippen molar-refractivity contribution in [3.8, 4) is 22.8 Å². The van der Waals surface area contributed by atoms with Crippen LogP contribution in [0.5, 0.6) is 11.5 Å². The first-order valence-electron chi connectivity index (χ1n) is 7.17. The largest absolute Gasteiger partial charge is 0.497 e. The van der Waals surface area contributed by atoms with Gasteiger partial charge in [0, 0.05) is 16.5 Å². The number of aromatic amines is 1. The Morgan fingerprint density at radius 3 is 2.61 bits per heavy atom. The third kappa shape index (κ3) is 2.73. The van der Waals surface area contributed by atoms with Crippen LogP contribution < -0.4 is 9.47 Å². The Labute approximate surface area is 133 Å². The van der Waals surface area contributed by atoms with Gasteiger partial charge in [-0.05, 0) is 29.8 Å². The van der Waals surface area contributed by atoms with E-state index in [1.165, 1.54) is 0 Å². The summed E-state index contributed by atoms with van der Waals surface area (Å²) in [4.78, 5) is 14.6. The number of fused-ring (bicyclic) bond motifs is 1. The maximum absolute atomic E-state index is 11.3. The number of aliphatic carboxylic acids is 1. The Morgan fingerprint density at radius 2 is 1.91 bits per heavy atom. The zero-order valence-corrected chi connectivity index (χ0v) is 12.9. The Morgan fingerprint density at radius 1 is 1.13 bits per heavy atom. The highest BCUT2D eigenvalue weighted by atomic mass is 16.5. The lowest BCUT2D eigenvalue weighted by Crippen LogP contribution is -2.01. The third-order valence-electron chi connectivity index (χ3n) is 3.82. The highest BCUT2D eigenvalue weighted by Gasteiger charge is 2.19. The molecule has 1 heterocycles. The second-order valence-electron chi connectivity index (χ2n) is 5.16. The van der Waals surface area contributed by atoms with Crippen molar-refractivity contribution in [2.45, 2.75) is 6.42 Å². The van der Waals surface area contributed by atoms with Gasteiger partial charge in [-0.25, -0.2) is 0 Å². The lowest BCUT2D eigenvalue weighted by molar-refractivity contribution is -0.136. The van der Waals surface area contributed by atoms with Crippen molar-refractivity contribution in [2.24, 2.45) is 0 Å². The van der Waals surface area contributed by atoms with Crippen molar-refractivity contribution in [2.75, 3.05) is 14.2 Å². The molecule has 0 unspecified atom stereocenters. The minimum absolute atomic E-state index is 0.0697. The third-order valence-corrected chi connectivity index (χ3v) is 3.82. The van der Waals surface area contributed by atoms with Crippen LogP contribution in [0.25, 0.3) is 22.2 Å². The predicted octanol–water partition coefficient (Wildman–Crippen LogP) is 3.48. The summed E-state index contributed by atoms with van der Waals surface area (Å²) < 4.78 is 10.7. The van der Waals surface area contributed by atoms with Gasteiger partial charge in [0.2, 0.25) is 0 Å². The van der Waals surface area contributed by atoms with E-state index in [-0.39, 0.29) is 6.42 Å². The summed E-state index contributed by atoms with van der Waals surface area (Å²) in [5, 5.41) is 10.2. The average molecular weight is 311 g/mol. The van der Waals surface area contributed by atoms with Crippen LogP contribution >= 0.6 is 0 Å². The van der Waals surface area contributed by atoms with E-state index in [1.54, 1.807) is 14.2 Å². The average Bonchev–Trinajstić information content (AvgIpc) is 2.92. The number of carbonyl (C=O) groups is 1. The molecule has 0 saturated carbocycles. The fourth-order valence-electron chi connectivity index (χ4n) is 2.77. The number of benzene rings is 2. The quantitative estimate of drug-likeness (QED) is 0.756. The molecule has 3 aromatic rings. The van der Waals surface area contributed by atoms with Crippen LogP contribution in [0.15, 0.2) is 42.5 Å². The normalized spacial score (nSPS) is 10.7. The molecule has 5 nitrogen and oxygen atoms in total. The van der Waals surface area contributed by atoms with Gasteiger partial charge in [-0.2, -0.15) is 0 Å². The Balaban J connectivity index is 2.29. The molecule has 0 saturated heterocycles. The van der Waals surface area contributed by atoms with E-state index in [4.69, 9.17) is 9.47 Å². The number of carboxylic acids is 1. The topological polar surface area (TPSA) is 71.5 Å². The molecule has 0 aliphatic heterocycles. The number of nitrogens with one attached hydrogen (secondary N) is 1. The van der Waals surface area contributed by atoms with Crippen LogP contribution in [0, 0.1) is 0 Å². The zero-order chi connectivity index (χ0) is 16.4. The van der Waals surface area contributed by atoms with E-state index in [0.29, 0.717) is 11.5 Å². The summed E-state index contributed by atoms with van der Waals surface area (Å²) in [5.74, 6) is 0.461. The van der Waals surface area contributed by atoms with Crippen molar-refractivity contribution >= 4 is 16.9 Å². The maximum Gasteiger partial charge on any atom is 0.307 e. The van der Waals surface area contributed by atoms with Crippen molar-refractivity contribution in [3.63, 3.8) is 0 Å². The number of rotatable bonds is 5. The van der Waals surface area contributed by atoms with Gasteiger partial charge in [0.05, 0.1) is 26.3 Å². The molecule has 23 heavy (non-hydrogen) atoms. The summed E-state index contributed by atoms with van der Waals surface area (Å²) in [6, 6.07) is 13.1. The van der Waals surface area contributed by atoms with Crippen LogP contribution in [-0.2, 0) is 11.2 Å². The molecule has 0 radical (unpaired) electrons. The van der Waals surface area contributed by atoms with E-state index in [2.05, 4.69) is 4.98 Å². The molecular weight excluding hydrogens is 294 g/mol. The van der Waals surface area contributed by atoms with Crippen LogP contribution in [0.3, 0.4) is 0 Å². The standard InChI is InChI=1S/C18H17NO4/c1-22-11-7-8-16(23-2)14(9-11)18-13(10-17(20)21)12-5-3-4-6-15(12)19-18/h3-9,19H,10H2,1-2H3,(H,20,21). The van der Waals surface area contributed by atoms with Gasteiger partial charge in [-0.15, -0.1) is 0 Å². The van der Waals surface area contributed by atoms with E-state index < -0.39 is 5.97 Å². The lowest BCUT2D eigenvalue weighted by Gasteiger charge is -2.11. The molecule has 0 amide bonds. The number of hydrogen-bond acceptors (Lipinski definition) is 3. The number of methoxy groups -OCH3 is 2. The summed E-state index contributed by atoms with van der Waals surface area (Å²) >= 11 is 0. The van der Waals surface area contributed by atoms with E-state index in [0.717, 1.165) is 27.7 Å². The van der Waals surface area contributed by atoms with Crippen molar-refractivity contribution in [1.82, 2.24) is 4.98 Å². The van der Waals surface area contributed by atoms with E-state index >= 15 is 0 Å². The minimum Gasteiger partial charge on any atom is -0.497 e. The van der Waals surface area contributed by atoms with Crippen molar-refractivity contribution in [1.29, 1.82) is 0 Å². The summed E-state index contributed by atoms with van der Waals surface area (Å²) in [7, 11) is 3.18. The maximum atomic E-state index is 11.3. The molecule has 0 spiro atoms. The van der Waals surface area contributed by atoms with Crippen LogP contribution in [-0.4, -0.2) is 30.3 Å². The number of hydrogen-bond donors (Lipinski definition) is 2. The van der Waals surface area contributed by atoms with Gasteiger partial charge >= 0.3 is 5.97 Å². The Hall–Kier alpha value is -2.95. The number of para-hydroxylation sites is 1. The fraction of sp³-hybridized carbons (Fsp3) is 0.167. The minimum atomic E-state index is -0.877. The fourth-order valence-corrected chi connectivity index (χ4v) is 2.77. The Kier molecular flexibility index (Phi) is 3.93. The first-order valence-corrected chi connectivity index (χ1v) is 7.17. The molecule has 0 aliphatic rings. The highest BCUT2D eigenvalue weighted by molar-refractivity contribution is 5.95. The molecule has 5 heteroatoms. The molecule has 0 atom stereocenters. The number of H-pyrrole nitrogens is 1. The molecular formula is C18H17NO4. The number of carboxylic acid groups (broad SMARTS) is 1. The van der Waals surface area contributed by atoms with Gasteiger partial charge in [0.15, 0.2) is 0 Å². The molecule has 118 valence electrons. The summed E-state index contributed by atoms with van der Waals surface area (Å²) in [6.45, 7) is 0. The van der Waals surface area contributed by atoms with Crippen molar-refractivity contribution in [3.05, 3.63) is 48.0 Å². The smallest absolute Gasteiger partial charge is 0.307 e. The van der Waals surface area contributed by atoms with E-state index in [1.807, 2.05) is 42.5 Å². The molecule has 2 aromatic carbocycles. The first kappa shape index (κ1) is 15.0. The molecule has 0 fully saturated rings. The molecule has 3 rings (SSSR count). The van der Waals surface area contributed by atoms with Gasteiger partial charge in [0.1, 0.15) is 11.5 Å². The molecule has 1 aromatic heterocycles. The number of aromatic nitrogens is 1. The van der Waals surface area contributed by atoms with Gasteiger partial charge in [-0.3, -0.25) is 4.79 Å². The highest BCUT2D eigenvalue weighted by Crippen LogP contribution is 2.38. The zero-order valence-electron chi connectivity index (χ0n) is 12.9. The molecule has 0 aliphatic carbocycles. The van der Waals surface area contributed by atoms with Crippen LogP contribution in [0.2, 0.25) is 0 Å². The summed E-state index contributed by atoms with van der Waals surface area (Å²) in [6.07, 6.45) is -0.0697. The van der Waals surface area contributed by atoms with Gasteiger partial charge in [-0.1, -0.05) is 18.2 Å². The lowest BCUT2D eigenvalue weighted by atomic mass is 10.0. The number of ether oxygens (including phenoxy) is 2. The molecule has 2 N–H and O–H groups in total. The van der Waals surface area contributed by atoms with E-state index in [9.17, 15) is 9.90 Å². The van der Waals surface area contributed by atoms with Gasteiger partial charge < -0.3 is 19.6 Å². The SMILES string of the molecule is COc1ccc(OC)c(-c2[nH]c3ccccc3c2CC(=O)O)c1. The van der Waals surface area contributed by atoms with Crippen LogP contribution in [0.4, 0.5) is 0 Å². The second kappa shape index (κ2) is 6.04. The van der Waals surface area contributed by atoms with Gasteiger partial charge in [0.25, 0.3) is 0 Å². The second-order valence-corrected chi connectivity index (χ2v) is 5.16. The predicted molar refractivity (Wildman–Crippen MR) is 88.2 cm³/mol.